The molecular formula is C11H14N2O2. The molecule has 0 radical (unpaired) electrons. The molecule has 0 aliphatic heterocycles. The topological polar surface area (TPSA) is 65.2 Å². The lowest BCUT2D eigenvalue weighted by atomic mass is 10.0. The first kappa shape index (κ1) is 10.1. The first-order chi connectivity index (χ1) is 7.24. The molecule has 2 rings (SSSR count). The maximum absolute atomic E-state index is 12.0. The third-order valence-electron chi connectivity index (χ3n) is 2.68. The number of nitrogens with zero attached hydrogens (tertiary/aromatic N) is 1. The van der Waals surface area contributed by atoms with E-state index in [0.29, 0.717) is 17.2 Å². The van der Waals surface area contributed by atoms with Gasteiger partial charge in [0.05, 0.1) is 5.56 Å². The second kappa shape index (κ2) is 3.98. The number of ether oxygens (including phenoxy) is 1. The molecule has 0 spiro atoms. The van der Waals surface area contributed by atoms with Gasteiger partial charge >= 0.3 is 0 Å². The van der Waals surface area contributed by atoms with Gasteiger partial charge in [-0.05, 0) is 24.8 Å². The lowest BCUT2D eigenvalue weighted by molar-refractivity contribution is 0.0540. The molecule has 4 heteroatoms. The highest BCUT2D eigenvalue weighted by Crippen LogP contribution is 2.35. The fourth-order valence-corrected chi connectivity index (χ4v) is 1.68. The van der Waals surface area contributed by atoms with Crippen LogP contribution in [0.3, 0.4) is 0 Å². The average molecular weight is 206 g/mol. The molecule has 2 N–H and O–H groups in total. The number of ketones is 1. The number of anilines is 1. The van der Waals surface area contributed by atoms with Crippen LogP contribution in [-0.4, -0.2) is 24.0 Å². The van der Waals surface area contributed by atoms with Crippen molar-refractivity contribution in [3.8, 4) is 0 Å². The molecule has 1 unspecified atom stereocenters. The number of nitrogens with two attached hydrogens (primary N) is 1. The maximum atomic E-state index is 12.0. The predicted octanol–water partition coefficient (Wildman–Crippen LogP) is 1.27. The number of aromatic nitrogens is 1. The third-order valence-corrected chi connectivity index (χ3v) is 2.68. The highest BCUT2D eigenvalue weighted by Gasteiger charge is 2.37. The maximum Gasteiger partial charge on any atom is 0.195 e. The van der Waals surface area contributed by atoms with E-state index in [1.165, 1.54) is 6.20 Å². The molecule has 1 fully saturated rings. The smallest absolute Gasteiger partial charge is 0.195 e. The number of hydrogen-bond acceptors (Lipinski definition) is 4. The Bertz CT molecular complexity index is 375. The monoisotopic (exact) mass is 206 g/mol. The normalized spacial score (nSPS) is 17.4. The van der Waals surface area contributed by atoms with Crippen LogP contribution in [0.15, 0.2) is 18.5 Å². The summed E-state index contributed by atoms with van der Waals surface area (Å²) in [5, 5.41) is 0. The number of rotatable bonds is 4. The van der Waals surface area contributed by atoms with Crippen molar-refractivity contribution in [2.45, 2.75) is 18.9 Å². The predicted molar refractivity (Wildman–Crippen MR) is 56.5 cm³/mol. The third kappa shape index (κ3) is 1.99. The molecule has 0 saturated heterocycles. The molecule has 1 saturated carbocycles. The van der Waals surface area contributed by atoms with Gasteiger partial charge in [0, 0.05) is 25.2 Å². The van der Waals surface area contributed by atoms with E-state index in [9.17, 15) is 4.79 Å². The summed E-state index contributed by atoms with van der Waals surface area (Å²) in [5.41, 5.74) is 6.66. The van der Waals surface area contributed by atoms with E-state index >= 15 is 0 Å². The summed E-state index contributed by atoms with van der Waals surface area (Å²) in [4.78, 5) is 15.9. The highest BCUT2D eigenvalue weighted by molar-refractivity contribution is 6.03. The molecule has 0 bridgehead atoms. The summed E-state index contributed by atoms with van der Waals surface area (Å²) in [6.07, 6.45) is 4.85. The molecule has 0 aromatic carbocycles. The van der Waals surface area contributed by atoms with Gasteiger partial charge in [0.15, 0.2) is 5.78 Å². The van der Waals surface area contributed by atoms with Crippen LogP contribution in [0, 0.1) is 5.92 Å². The van der Waals surface area contributed by atoms with Crippen molar-refractivity contribution in [3.05, 3.63) is 24.0 Å². The summed E-state index contributed by atoms with van der Waals surface area (Å²) >= 11 is 0. The standard InChI is InChI=1S/C11H14N2O2/c1-15-11(7-2-3-7)10(14)8-6-13-5-4-9(8)12/h4-7,11H,2-3H2,1H3,(H2,12,13). The van der Waals surface area contributed by atoms with Crippen LogP contribution >= 0.6 is 0 Å². The van der Waals surface area contributed by atoms with Gasteiger partial charge in [0.2, 0.25) is 0 Å². The van der Waals surface area contributed by atoms with Crippen molar-refractivity contribution >= 4 is 11.5 Å². The van der Waals surface area contributed by atoms with Crippen molar-refractivity contribution in [2.24, 2.45) is 5.92 Å². The van der Waals surface area contributed by atoms with Crippen molar-refractivity contribution in [2.75, 3.05) is 12.8 Å². The van der Waals surface area contributed by atoms with Gasteiger partial charge in [-0.3, -0.25) is 9.78 Å². The molecule has 80 valence electrons. The van der Waals surface area contributed by atoms with Gasteiger partial charge in [0.1, 0.15) is 6.10 Å². The van der Waals surface area contributed by atoms with Crippen LogP contribution < -0.4 is 5.73 Å². The van der Waals surface area contributed by atoms with Crippen molar-refractivity contribution in [1.82, 2.24) is 4.98 Å². The summed E-state index contributed by atoms with van der Waals surface area (Å²) < 4.78 is 5.21. The number of Topliss-reactive ketones (excluding diaryl/α,β-unsaturated/α-hetero) is 1. The van der Waals surface area contributed by atoms with Crippen LogP contribution in [0.2, 0.25) is 0 Å². The van der Waals surface area contributed by atoms with Crippen LogP contribution in [-0.2, 0) is 4.74 Å². The lowest BCUT2D eigenvalue weighted by Crippen LogP contribution is -2.26. The molecule has 1 heterocycles. The summed E-state index contributed by atoms with van der Waals surface area (Å²) in [7, 11) is 1.56. The number of nitrogen functional groups attached to an aromatic ring is 1. The van der Waals surface area contributed by atoms with E-state index in [4.69, 9.17) is 10.5 Å². The van der Waals surface area contributed by atoms with Gasteiger partial charge in [-0.25, -0.2) is 0 Å². The van der Waals surface area contributed by atoms with Gasteiger partial charge < -0.3 is 10.5 Å². The number of hydrogen-bond donors (Lipinski definition) is 1. The zero-order chi connectivity index (χ0) is 10.8. The molecule has 1 aliphatic rings. The van der Waals surface area contributed by atoms with Crippen molar-refractivity contribution in [3.63, 3.8) is 0 Å². The second-order valence-electron chi connectivity index (χ2n) is 3.82. The van der Waals surface area contributed by atoms with Crippen molar-refractivity contribution in [1.29, 1.82) is 0 Å². The Hall–Kier alpha value is -1.42. The minimum atomic E-state index is -0.350. The second-order valence-corrected chi connectivity index (χ2v) is 3.82. The SMILES string of the molecule is COC(C(=O)c1cnccc1N)C1CC1. The minimum Gasteiger partial charge on any atom is -0.398 e. The van der Waals surface area contributed by atoms with E-state index in [0.717, 1.165) is 12.8 Å². The van der Waals surface area contributed by atoms with Gasteiger partial charge in [-0.1, -0.05) is 0 Å². The molecule has 1 atom stereocenters. The Morgan fingerprint density at radius 2 is 2.40 bits per heavy atom. The summed E-state index contributed by atoms with van der Waals surface area (Å²) in [5.74, 6) is 0.313. The zero-order valence-electron chi connectivity index (χ0n) is 8.64. The van der Waals surface area contributed by atoms with Gasteiger partial charge in [0.25, 0.3) is 0 Å². The van der Waals surface area contributed by atoms with E-state index in [-0.39, 0.29) is 11.9 Å². The van der Waals surface area contributed by atoms with Gasteiger partial charge in [-0.15, -0.1) is 0 Å². The Morgan fingerprint density at radius 3 is 2.93 bits per heavy atom. The fraction of sp³-hybridized carbons (Fsp3) is 0.455. The largest absolute Gasteiger partial charge is 0.398 e. The Kier molecular flexibility index (Phi) is 2.68. The first-order valence-electron chi connectivity index (χ1n) is 5.00. The fourth-order valence-electron chi connectivity index (χ4n) is 1.68. The molecule has 4 nitrogen and oxygen atoms in total. The molecule has 1 aliphatic carbocycles. The Labute approximate surface area is 88.4 Å². The lowest BCUT2D eigenvalue weighted by Gasteiger charge is -2.13. The number of carbonyl (C=O) groups excluding carboxylic acids is 1. The van der Waals surface area contributed by atoms with E-state index < -0.39 is 0 Å². The van der Waals surface area contributed by atoms with Crippen LogP contribution in [0.25, 0.3) is 0 Å². The van der Waals surface area contributed by atoms with Crippen LogP contribution in [0.1, 0.15) is 23.2 Å². The number of pyridine rings is 1. The number of methoxy groups -OCH3 is 1. The molecular weight excluding hydrogens is 192 g/mol. The Morgan fingerprint density at radius 1 is 1.67 bits per heavy atom. The van der Waals surface area contributed by atoms with Gasteiger partial charge in [-0.2, -0.15) is 0 Å². The average Bonchev–Trinajstić information content (AvgIpc) is 3.03. The molecule has 1 aromatic heterocycles. The first-order valence-corrected chi connectivity index (χ1v) is 5.00. The zero-order valence-corrected chi connectivity index (χ0v) is 8.64. The van der Waals surface area contributed by atoms with E-state index in [1.807, 2.05) is 0 Å². The molecule has 15 heavy (non-hydrogen) atoms. The van der Waals surface area contributed by atoms with Crippen LogP contribution in [0.4, 0.5) is 5.69 Å². The Balaban J connectivity index is 2.22. The quantitative estimate of drug-likeness (QED) is 0.753. The molecule has 1 aromatic rings. The number of carbonyl (C=O) groups is 1. The summed E-state index contributed by atoms with van der Waals surface area (Å²) in [6, 6.07) is 1.63. The minimum absolute atomic E-state index is 0.0504. The van der Waals surface area contributed by atoms with E-state index in [2.05, 4.69) is 4.98 Å². The highest BCUT2D eigenvalue weighted by atomic mass is 16.5. The van der Waals surface area contributed by atoms with Crippen molar-refractivity contribution < 1.29 is 9.53 Å². The van der Waals surface area contributed by atoms with E-state index in [1.54, 1.807) is 19.4 Å². The summed E-state index contributed by atoms with van der Waals surface area (Å²) in [6.45, 7) is 0. The molecule has 0 amide bonds. The van der Waals surface area contributed by atoms with Crippen LogP contribution in [0.5, 0.6) is 0 Å².